The Hall–Kier alpha value is -2.82. The molecule has 2 aromatic heterocycles. The van der Waals surface area contributed by atoms with Crippen LogP contribution in [0.4, 0.5) is 0 Å². The average Bonchev–Trinajstić information content (AvgIpc) is 3.15. The molecule has 0 saturated carbocycles. The van der Waals surface area contributed by atoms with Gasteiger partial charge in [0.1, 0.15) is 12.9 Å². The molecule has 112 valence electrons. The number of hydrogen-bond donors (Lipinski definition) is 0. The monoisotopic (exact) mass is 296 g/mol. The van der Waals surface area contributed by atoms with Crippen LogP contribution in [0.15, 0.2) is 53.3 Å². The van der Waals surface area contributed by atoms with Crippen molar-refractivity contribution in [2.75, 3.05) is 0 Å². The highest BCUT2D eigenvalue weighted by Crippen LogP contribution is 2.14. The van der Waals surface area contributed by atoms with Crippen LogP contribution >= 0.6 is 0 Å². The molecule has 0 N–H and O–H groups in total. The number of carbonyl (C=O) groups excluding carboxylic acids is 1. The molecule has 0 atom stereocenters. The minimum Gasteiger partial charge on any atom is -0.472 e. The van der Waals surface area contributed by atoms with Crippen LogP contribution in [0.5, 0.6) is 0 Å². The first-order chi connectivity index (χ1) is 10.6. The fraction of sp³-hybridized carbons (Fsp3) is 0.176. The van der Waals surface area contributed by atoms with Gasteiger partial charge in [-0.2, -0.15) is 5.10 Å². The van der Waals surface area contributed by atoms with Gasteiger partial charge in [-0.3, -0.25) is 0 Å². The second-order valence-electron chi connectivity index (χ2n) is 5.09. The molecule has 5 nitrogen and oxygen atoms in total. The Labute approximate surface area is 128 Å². The maximum absolute atomic E-state index is 11.7. The van der Waals surface area contributed by atoms with Gasteiger partial charge in [-0.05, 0) is 43.7 Å². The molecule has 0 aliphatic carbocycles. The summed E-state index contributed by atoms with van der Waals surface area (Å²) >= 11 is 0. The van der Waals surface area contributed by atoms with Crippen molar-refractivity contribution in [3.63, 3.8) is 0 Å². The SMILES string of the molecule is Cc1cc(C)n(-c2ccc(COC(=O)c3ccoc3)cc2)n1. The van der Waals surface area contributed by atoms with E-state index in [1.54, 1.807) is 6.07 Å². The number of rotatable bonds is 4. The summed E-state index contributed by atoms with van der Waals surface area (Å²) in [6.07, 6.45) is 2.81. The summed E-state index contributed by atoms with van der Waals surface area (Å²) in [6.45, 7) is 4.20. The molecule has 0 aliphatic rings. The van der Waals surface area contributed by atoms with Crippen molar-refractivity contribution in [3.8, 4) is 5.69 Å². The molecular formula is C17H16N2O3. The van der Waals surface area contributed by atoms with Gasteiger partial charge in [0.05, 0.1) is 23.2 Å². The second-order valence-corrected chi connectivity index (χ2v) is 5.09. The van der Waals surface area contributed by atoms with Crippen molar-refractivity contribution >= 4 is 5.97 Å². The van der Waals surface area contributed by atoms with Gasteiger partial charge in [0.25, 0.3) is 0 Å². The van der Waals surface area contributed by atoms with Crippen molar-refractivity contribution in [1.29, 1.82) is 0 Å². The van der Waals surface area contributed by atoms with Crippen LogP contribution in [0.1, 0.15) is 27.3 Å². The summed E-state index contributed by atoms with van der Waals surface area (Å²) in [4.78, 5) is 11.7. The van der Waals surface area contributed by atoms with Gasteiger partial charge in [-0.1, -0.05) is 12.1 Å². The van der Waals surface area contributed by atoms with Gasteiger partial charge in [0, 0.05) is 5.69 Å². The molecule has 2 heterocycles. The fourth-order valence-corrected chi connectivity index (χ4v) is 2.24. The smallest absolute Gasteiger partial charge is 0.341 e. The number of hydrogen-bond acceptors (Lipinski definition) is 4. The molecule has 0 fully saturated rings. The van der Waals surface area contributed by atoms with E-state index in [0.29, 0.717) is 5.56 Å². The number of furan rings is 1. The number of aromatic nitrogens is 2. The van der Waals surface area contributed by atoms with E-state index in [2.05, 4.69) is 5.10 Å². The van der Waals surface area contributed by atoms with Crippen molar-refractivity contribution < 1.29 is 13.9 Å². The lowest BCUT2D eigenvalue weighted by Gasteiger charge is -2.07. The highest BCUT2D eigenvalue weighted by Gasteiger charge is 2.09. The standard InChI is InChI=1S/C17H16N2O3/c1-12-9-13(2)19(18-12)16-5-3-14(4-6-16)10-22-17(20)15-7-8-21-11-15/h3-9,11H,10H2,1-2H3. The highest BCUT2D eigenvalue weighted by molar-refractivity contribution is 5.88. The maximum Gasteiger partial charge on any atom is 0.341 e. The first kappa shape index (κ1) is 14.1. The highest BCUT2D eigenvalue weighted by atomic mass is 16.5. The Bertz CT molecular complexity index is 771. The molecule has 3 rings (SSSR count). The van der Waals surface area contributed by atoms with Gasteiger partial charge < -0.3 is 9.15 Å². The van der Waals surface area contributed by atoms with Crippen molar-refractivity contribution in [2.45, 2.75) is 20.5 Å². The van der Waals surface area contributed by atoms with E-state index in [1.807, 2.05) is 48.9 Å². The Balaban J connectivity index is 1.67. The third-order valence-electron chi connectivity index (χ3n) is 3.32. The number of esters is 1. The van der Waals surface area contributed by atoms with Crippen LogP contribution in [0.2, 0.25) is 0 Å². The number of carbonyl (C=O) groups is 1. The Morgan fingerprint density at radius 1 is 1.23 bits per heavy atom. The molecule has 1 aromatic carbocycles. The molecule has 0 amide bonds. The minimum atomic E-state index is -0.392. The van der Waals surface area contributed by atoms with E-state index in [9.17, 15) is 4.79 Å². The normalized spacial score (nSPS) is 10.6. The third-order valence-corrected chi connectivity index (χ3v) is 3.32. The van der Waals surface area contributed by atoms with Gasteiger partial charge >= 0.3 is 5.97 Å². The molecule has 0 radical (unpaired) electrons. The maximum atomic E-state index is 11.7. The Morgan fingerprint density at radius 3 is 2.59 bits per heavy atom. The van der Waals surface area contributed by atoms with Crippen molar-refractivity contribution in [1.82, 2.24) is 9.78 Å². The second kappa shape index (κ2) is 5.89. The molecule has 3 aromatic rings. The summed E-state index contributed by atoms with van der Waals surface area (Å²) in [5.74, 6) is -0.392. The van der Waals surface area contributed by atoms with Crippen LogP contribution < -0.4 is 0 Å². The first-order valence-corrected chi connectivity index (χ1v) is 6.95. The third kappa shape index (κ3) is 2.93. The lowest BCUT2D eigenvalue weighted by Crippen LogP contribution is -2.04. The van der Waals surface area contributed by atoms with E-state index in [0.717, 1.165) is 22.6 Å². The lowest BCUT2D eigenvalue weighted by atomic mass is 10.2. The Morgan fingerprint density at radius 2 is 2.00 bits per heavy atom. The minimum absolute atomic E-state index is 0.224. The van der Waals surface area contributed by atoms with Gasteiger partial charge in [0.2, 0.25) is 0 Å². The van der Waals surface area contributed by atoms with E-state index >= 15 is 0 Å². The fourth-order valence-electron chi connectivity index (χ4n) is 2.24. The van der Waals surface area contributed by atoms with E-state index in [-0.39, 0.29) is 6.61 Å². The lowest BCUT2D eigenvalue weighted by molar-refractivity contribution is 0.0472. The zero-order chi connectivity index (χ0) is 15.5. The van der Waals surface area contributed by atoms with Crippen molar-refractivity contribution in [2.24, 2.45) is 0 Å². The zero-order valence-electron chi connectivity index (χ0n) is 12.4. The number of benzene rings is 1. The molecule has 22 heavy (non-hydrogen) atoms. The predicted octanol–water partition coefficient (Wildman–Crippen LogP) is 3.44. The van der Waals surface area contributed by atoms with Crippen LogP contribution in [-0.2, 0) is 11.3 Å². The molecule has 0 spiro atoms. The molecule has 0 aliphatic heterocycles. The predicted molar refractivity (Wildman–Crippen MR) is 80.9 cm³/mol. The summed E-state index contributed by atoms with van der Waals surface area (Å²) < 4.78 is 12.0. The summed E-state index contributed by atoms with van der Waals surface area (Å²) in [5, 5.41) is 4.44. The van der Waals surface area contributed by atoms with Crippen LogP contribution in [0, 0.1) is 13.8 Å². The molecule has 0 unspecified atom stereocenters. The topological polar surface area (TPSA) is 57.3 Å². The number of ether oxygens (including phenoxy) is 1. The number of nitrogens with zero attached hydrogens (tertiary/aromatic N) is 2. The summed E-state index contributed by atoms with van der Waals surface area (Å²) in [6, 6.07) is 11.4. The summed E-state index contributed by atoms with van der Waals surface area (Å²) in [5.41, 5.74) is 4.38. The van der Waals surface area contributed by atoms with Crippen molar-refractivity contribution in [3.05, 3.63) is 71.4 Å². The van der Waals surface area contributed by atoms with Crippen LogP contribution in [-0.4, -0.2) is 15.7 Å². The van der Waals surface area contributed by atoms with Crippen LogP contribution in [0.25, 0.3) is 5.69 Å². The Kier molecular flexibility index (Phi) is 3.78. The average molecular weight is 296 g/mol. The summed E-state index contributed by atoms with van der Waals surface area (Å²) in [7, 11) is 0. The largest absolute Gasteiger partial charge is 0.472 e. The molecule has 0 saturated heterocycles. The van der Waals surface area contributed by atoms with E-state index in [4.69, 9.17) is 9.15 Å². The number of aryl methyl sites for hydroxylation is 2. The van der Waals surface area contributed by atoms with Crippen LogP contribution in [0.3, 0.4) is 0 Å². The van der Waals surface area contributed by atoms with E-state index < -0.39 is 5.97 Å². The molecular weight excluding hydrogens is 280 g/mol. The molecule has 5 heteroatoms. The first-order valence-electron chi connectivity index (χ1n) is 6.95. The van der Waals surface area contributed by atoms with Gasteiger partial charge in [0.15, 0.2) is 0 Å². The zero-order valence-corrected chi connectivity index (χ0v) is 12.4. The van der Waals surface area contributed by atoms with Gasteiger partial charge in [-0.15, -0.1) is 0 Å². The van der Waals surface area contributed by atoms with E-state index in [1.165, 1.54) is 12.5 Å². The van der Waals surface area contributed by atoms with Gasteiger partial charge in [-0.25, -0.2) is 9.48 Å². The quantitative estimate of drug-likeness (QED) is 0.692. The molecule has 0 bridgehead atoms.